The Morgan fingerprint density at radius 1 is 0.950 bits per heavy atom. The molecule has 0 aliphatic heterocycles. The number of benzene rings is 2. The Morgan fingerprint density at radius 3 is 2.60 bits per heavy atom. The first kappa shape index (κ1) is 13.2. The van der Waals surface area contributed by atoms with Gasteiger partial charge in [0.1, 0.15) is 11.5 Å². The molecule has 0 saturated heterocycles. The number of ether oxygens (including phenoxy) is 1. The lowest BCUT2D eigenvalue weighted by molar-refractivity contribution is 0.484. The molecule has 0 aliphatic rings. The van der Waals surface area contributed by atoms with Gasteiger partial charge in [0, 0.05) is 22.2 Å². The van der Waals surface area contributed by atoms with E-state index in [1.165, 1.54) is 0 Å². The van der Waals surface area contributed by atoms with E-state index in [-0.39, 0.29) is 0 Å². The smallest absolute Gasteiger partial charge is 0.136 e. The summed E-state index contributed by atoms with van der Waals surface area (Å²) in [6.45, 7) is 0. The molecule has 20 heavy (non-hydrogen) atoms. The number of halogens is 2. The molecule has 0 aliphatic carbocycles. The highest BCUT2D eigenvalue weighted by Gasteiger charge is 2.10. The summed E-state index contributed by atoms with van der Waals surface area (Å²) < 4.78 is 5.99. The summed E-state index contributed by atoms with van der Waals surface area (Å²) in [4.78, 5) is 4.31. The minimum absolute atomic E-state index is 0.304. The van der Waals surface area contributed by atoms with E-state index in [1.54, 1.807) is 12.3 Å². The molecule has 100 valence electrons. The Balaban J connectivity index is 2.08. The fourth-order valence-corrected chi connectivity index (χ4v) is 2.62. The van der Waals surface area contributed by atoms with Crippen molar-refractivity contribution in [1.29, 1.82) is 0 Å². The largest absolute Gasteiger partial charge is 0.456 e. The third kappa shape index (κ3) is 2.45. The highest BCUT2D eigenvalue weighted by Crippen LogP contribution is 2.34. The third-order valence-electron chi connectivity index (χ3n) is 3.04. The van der Waals surface area contributed by atoms with Crippen LogP contribution in [-0.4, -0.2) is 4.98 Å². The average Bonchev–Trinajstić information content (AvgIpc) is 2.48. The maximum Gasteiger partial charge on any atom is 0.136 e. The topological polar surface area (TPSA) is 22.1 Å². The zero-order valence-electron chi connectivity index (χ0n) is 10.5. The van der Waals surface area contributed by atoms with Gasteiger partial charge in [0.15, 0.2) is 0 Å². The molecule has 2 nitrogen and oxygen atoms in total. The summed E-state index contributed by atoms with van der Waals surface area (Å²) >= 11 is 12.1. The summed E-state index contributed by atoms with van der Waals surface area (Å²) in [6.07, 6.45) is 1.76. The van der Waals surface area contributed by atoms with E-state index >= 15 is 0 Å². The van der Waals surface area contributed by atoms with E-state index in [1.807, 2.05) is 42.5 Å². The molecule has 0 saturated carbocycles. The lowest BCUT2D eigenvalue weighted by Crippen LogP contribution is -1.92. The van der Waals surface area contributed by atoms with Crippen molar-refractivity contribution in [2.24, 2.45) is 0 Å². The Bertz CT molecular complexity index is 753. The van der Waals surface area contributed by atoms with Gasteiger partial charge >= 0.3 is 0 Å². The van der Waals surface area contributed by atoms with Gasteiger partial charge in [-0.2, -0.15) is 0 Å². The summed E-state index contributed by atoms with van der Waals surface area (Å²) in [5, 5.41) is 1.56. The average molecular weight is 304 g/mol. The Morgan fingerprint density at radius 2 is 1.75 bits per heavy atom. The number of hydrogen-bond donors (Lipinski definition) is 0. The monoisotopic (exact) mass is 303 g/mol. The Kier molecular flexibility index (Phi) is 3.77. The summed E-state index contributed by atoms with van der Waals surface area (Å²) in [6, 6.07) is 15.1. The lowest BCUT2D eigenvalue weighted by atomic mass is 10.2. The number of rotatable bonds is 3. The molecular formula is C16H11Cl2NO. The van der Waals surface area contributed by atoms with Crippen molar-refractivity contribution in [3.63, 3.8) is 0 Å². The van der Waals surface area contributed by atoms with Gasteiger partial charge in [-0.05, 0) is 36.4 Å². The van der Waals surface area contributed by atoms with Crippen LogP contribution in [0.4, 0.5) is 0 Å². The molecule has 0 fully saturated rings. The van der Waals surface area contributed by atoms with Crippen LogP contribution in [0.5, 0.6) is 11.5 Å². The molecule has 4 heteroatoms. The van der Waals surface area contributed by atoms with Crippen molar-refractivity contribution in [2.45, 2.75) is 5.88 Å². The second kappa shape index (κ2) is 5.70. The summed E-state index contributed by atoms with van der Waals surface area (Å²) in [5.41, 5.74) is 1.68. The first-order valence-electron chi connectivity index (χ1n) is 6.14. The maximum absolute atomic E-state index is 6.14. The van der Waals surface area contributed by atoms with Gasteiger partial charge in [-0.1, -0.05) is 23.7 Å². The third-order valence-corrected chi connectivity index (χ3v) is 3.66. The van der Waals surface area contributed by atoms with Gasteiger partial charge in [-0.25, -0.2) is 0 Å². The van der Waals surface area contributed by atoms with Gasteiger partial charge in [-0.3, -0.25) is 4.98 Å². The van der Waals surface area contributed by atoms with Gasteiger partial charge in [0.2, 0.25) is 0 Å². The molecule has 0 amide bonds. The molecule has 0 atom stereocenters. The highest BCUT2D eigenvalue weighted by molar-refractivity contribution is 6.32. The zero-order valence-corrected chi connectivity index (χ0v) is 12.0. The minimum atomic E-state index is 0.304. The standard InChI is InChI=1S/C16H11Cl2NO/c17-10-12-13(18)5-1-7-16(12)20-15-8-2-6-14-11(15)4-3-9-19-14/h1-9H,10H2. The van der Waals surface area contributed by atoms with Gasteiger partial charge in [0.25, 0.3) is 0 Å². The molecule has 3 aromatic rings. The highest BCUT2D eigenvalue weighted by atomic mass is 35.5. The van der Waals surface area contributed by atoms with Crippen LogP contribution in [0.3, 0.4) is 0 Å². The van der Waals surface area contributed by atoms with E-state index in [0.717, 1.165) is 22.2 Å². The minimum Gasteiger partial charge on any atom is -0.456 e. The lowest BCUT2D eigenvalue weighted by Gasteiger charge is -2.12. The fraction of sp³-hybridized carbons (Fsp3) is 0.0625. The Labute approximate surface area is 126 Å². The SMILES string of the molecule is ClCc1c(Cl)cccc1Oc1cccc2ncccc12. The van der Waals surface area contributed by atoms with E-state index in [0.29, 0.717) is 16.7 Å². The molecule has 1 aromatic heterocycles. The predicted molar refractivity (Wildman–Crippen MR) is 82.8 cm³/mol. The van der Waals surface area contributed by atoms with Crippen LogP contribution in [-0.2, 0) is 5.88 Å². The fourth-order valence-electron chi connectivity index (χ4n) is 2.05. The molecule has 1 heterocycles. The normalized spacial score (nSPS) is 10.7. The second-order valence-corrected chi connectivity index (χ2v) is 4.95. The molecule has 0 unspecified atom stereocenters. The van der Waals surface area contributed by atoms with Crippen molar-refractivity contribution in [3.8, 4) is 11.5 Å². The molecule has 0 spiro atoms. The summed E-state index contributed by atoms with van der Waals surface area (Å²) in [5.74, 6) is 1.71. The number of aromatic nitrogens is 1. The number of fused-ring (bicyclic) bond motifs is 1. The quantitative estimate of drug-likeness (QED) is 0.603. The van der Waals surface area contributed by atoms with Crippen LogP contribution in [0.15, 0.2) is 54.7 Å². The van der Waals surface area contributed by atoms with Crippen LogP contribution >= 0.6 is 23.2 Å². The van der Waals surface area contributed by atoms with Crippen LogP contribution in [0.2, 0.25) is 5.02 Å². The molecular weight excluding hydrogens is 293 g/mol. The van der Waals surface area contributed by atoms with Crippen molar-refractivity contribution < 1.29 is 4.74 Å². The van der Waals surface area contributed by atoms with Gasteiger partial charge in [-0.15, -0.1) is 11.6 Å². The molecule has 3 rings (SSSR count). The number of nitrogens with zero attached hydrogens (tertiary/aromatic N) is 1. The van der Waals surface area contributed by atoms with Gasteiger partial charge in [0.05, 0.1) is 11.4 Å². The first-order valence-corrected chi connectivity index (χ1v) is 7.06. The van der Waals surface area contributed by atoms with Crippen LogP contribution in [0.1, 0.15) is 5.56 Å². The maximum atomic E-state index is 6.14. The van der Waals surface area contributed by atoms with Gasteiger partial charge < -0.3 is 4.74 Å². The predicted octanol–water partition coefficient (Wildman–Crippen LogP) is 5.42. The second-order valence-electron chi connectivity index (χ2n) is 4.28. The molecule has 0 N–H and O–H groups in total. The molecule has 0 bridgehead atoms. The summed E-state index contributed by atoms with van der Waals surface area (Å²) in [7, 11) is 0. The zero-order chi connectivity index (χ0) is 13.9. The van der Waals surface area contributed by atoms with Crippen molar-refractivity contribution >= 4 is 34.1 Å². The first-order chi connectivity index (χ1) is 9.79. The van der Waals surface area contributed by atoms with Crippen LogP contribution < -0.4 is 4.74 Å². The number of pyridine rings is 1. The van der Waals surface area contributed by atoms with Crippen molar-refractivity contribution in [3.05, 3.63) is 65.3 Å². The van der Waals surface area contributed by atoms with E-state index in [9.17, 15) is 0 Å². The number of hydrogen-bond acceptors (Lipinski definition) is 2. The van der Waals surface area contributed by atoms with Crippen molar-refractivity contribution in [1.82, 2.24) is 4.98 Å². The van der Waals surface area contributed by atoms with E-state index in [2.05, 4.69) is 4.98 Å². The molecule has 0 radical (unpaired) electrons. The van der Waals surface area contributed by atoms with Crippen LogP contribution in [0, 0.1) is 0 Å². The number of alkyl halides is 1. The molecule has 2 aromatic carbocycles. The van der Waals surface area contributed by atoms with E-state index in [4.69, 9.17) is 27.9 Å². The van der Waals surface area contributed by atoms with Crippen molar-refractivity contribution in [2.75, 3.05) is 0 Å². The van der Waals surface area contributed by atoms with E-state index < -0.39 is 0 Å². The Hall–Kier alpha value is -1.77. The van der Waals surface area contributed by atoms with Crippen LogP contribution in [0.25, 0.3) is 10.9 Å².